The van der Waals surface area contributed by atoms with Crippen LogP contribution in [0, 0.1) is 0 Å². The van der Waals surface area contributed by atoms with Gasteiger partial charge < -0.3 is 10.2 Å². The first-order valence-corrected chi connectivity index (χ1v) is 12.4. The summed E-state index contributed by atoms with van der Waals surface area (Å²) in [6.45, 7) is 0. The highest BCUT2D eigenvalue weighted by atomic mass is 16.3. The van der Waals surface area contributed by atoms with Crippen LogP contribution in [-0.2, 0) is 14.4 Å². The van der Waals surface area contributed by atoms with Gasteiger partial charge in [-0.2, -0.15) is 9.48 Å². The molecule has 1 spiro atoms. The maximum atomic E-state index is 14.9. The smallest absolute Gasteiger partial charge is 0.366 e. The van der Waals surface area contributed by atoms with Gasteiger partial charge in [0.05, 0.1) is 5.69 Å². The zero-order valence-corrected chi connectivity index (χ0v) is 21.0. The van der Waals surface area contributed by atoms with Crippen molar-refractivity contribution in [2.24, 2.45) is 5.73 Å². The highest BCUT2D eigenvalue weighted by Crippen LogP contribution is 2.49. The summed E-state index contributed by atoms with van der Waals surface area (Å²) in [4.78, 5) is 44.8. The van der Waals surface area contributed by atoms with E-state index in [0.717, 1.165) is 4.90 Å². The van der Waals surface area contributed by atoms with Gasteiger partial charge >= 0.3 is 23.4 Å². The van der Waals surface area contributed by atoms with Crippen LogP contribution in [0.4, 0.5) is 17.1 Å². The lowest BCUT2D eigenvalue weighted by Crippen LogP contribution is -2.59. The molecule has 0 aromatic heterocycles. The van der Waals surface area contributed by atoms with E-state index in [4.69, 9.17) is 5.73 Å². The molecule has 196 valence electrons. The van der Waals surface area contributed by atoms with E-state index < -0.39 is 34.6 Å². The van der Waals surface area contributed by atoms with E-state index in [0.29, 0.717) is 11.4 Å². The summed E-state index contributed by atoms with van der Waals surface area (Å²) in [6.07, 6.45) is 0. The molecule has 1 unspecified atom stereocenters. The normalized spacial score (nSPS) is 20.1. The molecule has 0 bridgehead atoms. The number of carbonyl (C=O) groups is 3. The first-order valence-electron chi connectivity index (χ1n) is 12.4. The molecule has 4 aromatic carbocycles. The number of phenols is 1. The van der Waals surface area contributed by atoms with Crippen molar-refractivity contribution in [1.29, 1.82) is 0 Å². The number of hydrogen-bond acceptors (Lipinski definition) is 6. The zero-order valence-electron chi connectivity index (χ0n) is 21.0. The van der Waals surface area contributed by atoms with Gasteiger partial charge in [0.25, 0.3) is 5.78 Å². The number of hydrogen-bond donors (Lipinski definition) is 3. The van der Waals surface area contributed by atoms with Crippen molar-refractivity contribution in [3.8, 4) is 5.75 Å². The lowest BCUT2D eigenvalue weighted by Gasteiger charge is -2.33. The number of amides is 2. The van der Waals surface area contributed by atoms with Gasteiger partial charge in [-0.05, 0) is 36.4 Å². The minimum Gasteiger partial charge on any atom is -0.507 e. The number of anilines is 2. The monoisotopic (exact) mass is 531 g/mol. The molecule has 4 aromatic rings. The summed E-state index contributed by atoms with van der Waals surface area (Å²) in [7, 11) is 0. The maximum Gasteiger partial charge on any atom is 0.366 e. The molecule has 0 saturated carbocycles. The second-order valence-corrected chi connectivity index (χ2v) is 9.23. The van der Waals surface area contributed by atoms with Crippen molar-refractivity contribution in [3.63, 3.8) is 0 Å². The molecule has 2 amide bonds. The van der Waals surface area contributed by atoms with E-state index in [1.165, 1.54) is 21.6 Å². The third-order valence-electron chi connectivity index (χ3n) is 7.02. The highest BCUT2D eigenvalue weighted by Gasteiger charge is 2.74. The Kier molecular flexibility index (Phi) is 5.69. The largest absolute Gasteiger partial charge is 0.507 e. The number of benzene rings is 4. The lowest BCUT2D eigenvalue weighted by atomic mass is 9.93. The molecule has 6 rings (SSSR count). The summed E-state index contributed by atoms with van der Waals surface area (Å²) in [5.41, 5.74) is 4.79. The number of nitrogens with two attached hydrogens (primary N) is 1. The third kappa shape index (κ3) is 3.34. The van der Waals surface area contributed by atoms with Crippen LogP contribution in [0.2, 0.25) is 0 Å². The molecule has 40 heavy (non-hydrogen) atoms. The molecule has 2 aliphatic heterocycles. The van der Waals surface area contributed by atoms with E-state index >= 15 is 0 Å². The van der Waals surface area contributed by atoms with Crippen molar-refractivity contribution in [1.82, 2.24) is 0 Å². The number of ketones is 1. The average molecular weight is 532 g/mol. The Morgan fingerprint density at radius 2 is 1.30 bits per heavy atom. The zero-order chi connectivity index (χ0) is 28.0. The molecule has 1 atom stereocenters. The van der Waals surface area contributed by atoms with Gasteiger partial charge in [-0.15, -0.1) is 0 Å². The summed E-state index contributed by atoms with van der Waals surface area (Å²) in [6, 6.07) is 31.1. The minimum atomic E-state index is -2.33. The van der Waals surface area contributed by atoms with Crippen molar-refractivity contribution >= 4 is 46.4 Å². The number of phenolic OH excluding ortho intramolecular Hbond substituents is 1. The van der Waals surface area contributed by atoms with Gasteiger partial charge in [0.15, 0.2) is 0 Å². The molecule has 9 nitrogen and oxygen atoms in total. The predicted octanol–water partition coefficient (Wildman–Crippen LogP) is 3.68. The average Bonchev–Trinajstić information content (AvgIpc) is 3.35. The van der Waals surface area contributed by atoms with E-state index in [1.54, 1.807) is 103 Å². The second kappa shape index (κ2) is 9.25. The lowest BCUT2D eigenvalue weighted by molar-refractivity contribution is -0.494. The fourth-order valence-electron chi connectivity index (χ4n) is 5.33. The van der Waals surface area contributed by atoms with E-state index in [9.17, 15) is 24.6 Å². The van der Waals surface area contributed by atoms with Crippen LogP contribution in [0.1, 0.15) is 5.56 Å². The number of aliphatic hydroxyl groups is 1. The van der Waals surface area contributed by atoms with Gasteiger partial charge in [-0.1, -0.05) is 78.9 Å². The molecule has 2 heterocycles. The summed E-state index contributed by atoms with van der Waals surface area (Å²) in [5, 5.41) is 22.6. The van der Waals surface area contributed by atoms with Crippen LogP contribution < -0.4 is 15.5 Å². The highest BCUT2D eigenvalue weighted by molar-refractivity contribution is 6.55. The maximum absolute atomic E-state index is 14.9. The number of aliphatic hydroxyl groups excluding tert-OH is 1. The Labute approximate surface area is 228 Å². The molecular formula is C31H23N4O5+. The third-order valence-corrected chi connectivity index (χ3v) is 7.02. The van der Waals surface area contributed by atoms with Gasteiger partial charge in [-0.25, -0.2) is 4.79 Å². The number of rotatable bonds is 4. The number of carbonyl (C=O) groups excluding carboxylic acids is 3. The van der Waals surface area contributed by atoms with Crippen LogP contribution in [0.3, 0.4) is 0 Å². The van der Waals surface area contributed by atoms with Crippen molar-refractivity contribution in [2.75, 3.05) is 9.80 Å². The van der Waals surface area contributed by atoms with E-state index in [1.807, 2.05) is 0 Å². The topological polar surface area (TPSA) is 127 Å². The molecule has 2 aliphatic rings. The minimum absolute atomic E-state index is 0.103. The van der Waals surface area contributed by atoms with Crippen LogP contribution in [0.25, 0.3) is 5.76 Å². The number of nitrogens with zero attached hydrogens (tertiary/aromatic N) is 3. The van der Waals surface area contributed by atoms with Gasteiger partial charge in [-0.3, -0.25) is 20.2 Å². The Hall–Kier alpha value is -5.70. The van der Waals surface area contributed by atoms with Crippen LogP contribution in [-0.4, -0.2) is 44.0 Å². The number of aromatic hydroxyl groups is 1. The summed E-state index contributed by atoms with van der Waals surface area (Å²) >= 11 is 0. The molecule has 9 heteroatoms. The Balaban J connectivity index is 1.78. The summed E-state index contributed by atoms with van der Waals surface area (Å²) in [5.74, 6) is -4.03. The van der Waals surface area contributed by atoms with Crippen LogP contribution in [0.15, 0.2) is 121 Å². The molecular weight excluding hydrogens is 508 g/mol. The van der Waals surface area contributed by atoms with Crippen molar-refractivity contribution in [2.45, 2.75) is 5.66 Å². The Bertz CT molecular complexity index is 1740. The van der Waals surface area contributed by atoms with Crippen LogP contribution >= 0.6 is 0 Å². The number of Topliss-reactive ketones (excluding diaryl/α,β-unsaturated/α-hetero) is 1. The predicted molar refractivity (Wildman–Crippen MR) is 149 cm³/mol. The van der Waals surface area contributed by atoms with Crippen LogP contribution in [0.5, 0.6) is 5.75 Å². The Morgan fingerprint density at radius 3 is 1.93 bits per heavy atom. The first-order chi connectivity index (χ1) is 19.4. The number of guanidine groups is 1. The SMILES string of the molecule is NC1=[N+](c2ccccc2)C2(C(=O)N1c1ccccc1)/C(=C(\O)c1ccccc1)C(=O)C(=O)N2c1ccccc1O. The fourth-order valence-corrected chi connectivity index (χ4v) is 5.33. The molecule has 1 fully saturated rings. The van der Waals surface area contributed by atoms with Gasteiger partial charge in [0, 0.05) is 5.56 Å². The molecule has 4 N–H and O–H groups in total. The fraction of sp³-hybridized carbons (Fsp3) is 0.0323. The molecule has 0 radical (unpaired) electrons. The van der Waals surface area contributed by atoms with Gasteiger partial charge in [0.1, 0.15) is 28.5 Å². The first kappa shape index (κ1) is 24.6. The van der Waals surface area contributed by atoms with Crippen molar-refractivity contribution < 1.29 is 29.2 Å². The quantitative estimate of drug-likeness (QED) is 0.160. The number of para-hydroxylation sites is 4. The van der Waals surface area contributed by atoms with Crippen molar-refractivity contribution in [3.05, 3.63) is 126 Å². The molecule has 0 aliphatic carbocycles. The standard InChI is InChI=1S/C31H22N4O5/c32-30-33(21-14-6-2-7-15-21)29(40)31(34(30)22-16-8-3-9-17-22)25(26(37)20-12-4-1-5-13-20)27(38)28(39)35(31)23-18-10-11-19-24(23)36/h1-19,32H,(H2,36,37,38)/p+1. The molecule has 1 saturated heterocycles. The van der Waals surface area contributed by atoms with Gasteiger partial charge in [0.2, 0.25) is 0 Å². The Morgan fingerprint density at radius 1 is 0.750 bits per heavy atom. The van der Waals surface area contributed by atoms with E-state index in [-0.39, 0.29) is 23.0 Å². The van der Waals surface area contributed by atoms with E-state index in [2.05, 4.69) is 0 Å². The summed E-state index contributed by atoms with van der Waals surface area (Å²) < 4.78 is 1.35. The second-order valence-electron chi connectivity index (χ2n) is 9.23.